The Morgan fingerprint density at radius 2 is 2.00 bits per heavy atom. The first kappa shape index (κ1) is 14.9. The Morgan fingerprint density at radius 1 is 1.33 bits per heavy atom. The summed E-state index contributed by atoms with van der Waals surface area (Å²) in [5, 5.41) is 3.70. The number of nitrogens with zero attached hydrogens (tertiary/aromatic N) is 1. The number of nitrogens with one attached hydrogen (secondary N) is 1. The van der Waals surface area contributed by atoms with Crippen molar-refractivity contribution in [3.8, 4) is 0 Å². The van der Waals surface area contributed by atoms with E-state index in [0.717, 1.165) is 12.8 Å². The lowest BCUT2D eigenvalue weighted by Crippen LogP contribution is -2.30. The zero-order valence-electron chi connectivity index (χ0n) is 12.1. The average Bonchev–Trinajstić information content (AvgIpc) is 2.36. The van der Waals surface area contributed by atoms with E-state index in [4.69, 9.17) is 0 Å². The maximum absolute atomic E-state index is 4.07. The van der Waals surface area contributed by atoms with Gasteiger partial charge in [-0.2, -0.15) is 0 Å². The van der Waals surface area contributed by atoms with Crippen LogP contribution < -0.4 is 5.32 Å². The number of pyridine rings is 1. The highest BCUT2D eigenvalue weighted by Crippen LogP contribution is 2.17. The number of hydrogen-bond donors (Lipinski definition) is 1. The van der Waals surface area contributed by atoms with E-state index in [-0.39, 0.29) is 0 Å². The summed E-state index contributed by atoms with van der Waals surface area (Å²) in [5.41, 5.74) is 2.74. The van der Waals surface area contributed by atoms with E-state index in [0.29, 0.717) is 12.1 Å². The van der Waals surface area contributed by atoms with Gasteiger partial charge in [0.25, 0.3) is 0 Å². The Hall–Kier alpha value is -1.15. The molecule has 2 atom stereocenters. The second kappa shape index (κ2) is 8.04. The molecule has 0 saturated heterocycles. The third-order valence-electron chi connectivity index (χ3n) is 3.15. The van der Waals surface area contributed by atoms with Gasteiger partial charge in [-0.05, 0) is 57.7 Å². The highest BCUT2D eigenvalue weighted by molar-refractivity contribution is 5.14. The fraction of sp³-hybridized carbons (Fsp3) is 0.562. The summed E-state index contributed by atoms with van der Waals surface area (Å²) >= 11 is 0. The fourth-order valence-corrected chi connectivity index (χ4v) is 2.09. The van der Waals surface area contributed by atoms with Crippen molar-refractivity contribution in [3.05, 3.63) is 41.7 Å². The van der Waals surface area contributed by atoms with E-state index in [2.05, 4.69) is 56.2 Å². The zero-order chi connectivity index (χ0) is 13.4. The van der Waals surface area contributed by atoms with Gasteiger partial charge in [0.05, 0.1) is 0 Å². The van der Waals surface area contributed by atoms with Crippen molar-refractivity contribution in [2.75, 3.05) is 0 Å². The molecule has 0 amide bonds. The number of rotatable bonds is 7. The molecular formula is C16H26N2. The summed E-state index contributed by atoms with van der Waals surface area (Å²) in [5.74, 6) is 0. The van der Waals surface area contributed by atoms with Crippen LogP contribution in [0.2, 0.25) is 0 Å². The van der Waals surface area contributed by atoms with Crippen LogP contribution in [-0.2, 0) is 0 Å². The topological polar surface area (TPSA) is 24.9 Å². The average molecular weight is 246 g/mol. The quantitative estimate of drug-likeness (QED) is 0.727. The van der Waals surface area contributed by atoms with Crippen molar-refractivity contribution in [3.63, 3.8) is 0 Å². The molecule has 1 N–H and O–H groups in total. The molecule has 100 valence electrons. The lowest BCUT2D eigenvalue weighted by atomic mass is 10.0. The van der Waals surface area contributed by atoms with Gasteiger partial charge in [-0.15, -0.1) is 0 Å². The molecule has 2 unspecified atom stereocenters. The first-order valence-corrected chi connectivity index (χ1v) is 6.92. The van der Waals surface area contributed by atoms with Crippen LogP contribution in [0.3, 0.4) is 0 Å². The number of hydrogen-bond acceptors (Lipinski definition) is 2. The molecule has 1 rings (SSSR count). The van der Waals surface area contributed by atoms with E-state index in [1.165, 1.54) is 17.6 Å². The second-order valence-corrected chi connectivity index (χ2v) is 5.17. The Bertz CT molecular complexity index is 353. The Labute approximate surface area is 112 Å². The van der Waals surface area contributed by atoms with Crippen molar-refractivity contribution in [2.24, 2.45) is 0 Å². The highest BCUT2D eigenvalue weighted by Gasteiger charge is 2.11. The molecule has 0 radical (unpaired) electrons. The van der Waals surface area contributed by atoms with E-state index >= 15 is 0 Å². The first-order valence-electron chi connectivity index (χ1n) is 6.92. The minimum Gasteiger partial charge on any atom is -0.307 e. The molecule has 2 heteroatoms. The molecule has 0 aliphatic rings. The summed E-state index contributed by atoms with van der Waals surface area (Å²) in [7, 11) is 0. The molecule has 1 aromatic rings. The van der Waals surface area contributed by atoms with Crippen molar-refractivity contribution in [2.45, 2.75) is 59.0 Å². The van der Waals surface area contributed by atoms with Crippen LogP contribution in [0.1, 0.15) is 58.6 Å². The predicted octanol–water partition coefficient (Wildman–Crippen LogP) is 4.26. The van der Waals surface area contributed by atoms with Crippen LogP contribution in [0.5, 0.6) is 0 Å². The lowest BCUT2D eigenvalue weighted by Gasteiger charge is -2.22. The predicted molar refractivity (Wildman–Crippen MR) is 78.5 cm³/mol. The Kier molecular flexibility index (Phi) is 6.66. The maximum atomic E-state index is 4.07. The van der Waals surface area contributed by atoms with Crippen LogP contribution in [0.15, 0.2) is 36.2 Å². The molecule has 0 bridgehead atoms. The van der Waals surface area contributed by atoms with Gasteiger partial charge in [-0.3, -0.25) is 4.98 Å². The van der Waals surface area contributed by atoms with Crippen LogP contribution >= 0.6 is 0 Å². The third kappa shape index (κ3) is 5.46. The van der Waals surface area contributed by atoms with Crippen LogP contribution in [0.25, 0.3) is 0 Å². The molecule has 0 aliphatic carbocycles. The molecule has 1 aromatic heterocycles. The third-order valence-corrected chi connectivity index (χ3v) is 3.15. The first-order chi connectivity index (χ1) is 8.63. The van der Waals surface area contributed by atoms with Gasteiger partial charge in [0.1, 0.15) is 0 Å². The van der Waals surface area contributed by atoms with Crippen LogP contribution in [0, 0.1) is 0 Å². The van der Waals surface area contributed by atoms with Crippen molar-refractivity contribution >= 4 is 0 Å². The van der Waals surface area contributed by atoms with E-state index in [1.54, 1.807) is 0 Å². The van der Waals surface area contributed by atoms with Crippen LogP contribution in [0.4, 0.5) is 0 Å². The number of allylic oxidation sites excluding steroid dienone is 2. The van der Waals surface area contributed by atoms with Gasteiger partial charge in [-0.25, -0.2) is 0 Å². The SMILES string of the molecule is CCC(NC(C)CCC=C(C)C)c1ccncc1. The van der Waals surface area contributed by atoms with Gasteiger partial charge in [-0.1, -0.05) is 18.6 Å². The Balaban J connectivity index is 2.46. The summed E-state index contributed by atoms with van der Waals surface area (Å²) < 4.78 is 0. The van der Waals surface area contributed by atoms with Crippen molar-refractivity contribution in [1.82, 2.24) is 10.3 Å². The second-order valence-electron chi connectivity index (χ2n) is 5.17. The van der Waals surface area contributed by atoms with Gasteiger partial charge >= 0.3 is 0 Å². The van der Waals surface area contributed by atoms with Gasteiger partial charge in [0.2, 0.25) is 0 Å². The highest BCUT2D eigenvalue weighted by atomic mass is 14.9. The maximum Gasteiger partial charge on any atom is 0.0321 e. The molecule has 0 spiro atoms. The van der Waals surface area contributed by atoms with Crippen LogP contribution in [-0.4, -0.2) is 11.0 Å². The largest absolute Gasteiger partial charge is 0.307 e. The molecule has 18 heavy (non-hydrogen) atoms. The smallest absolute Gasteiger partial charge is 0.0321 e. The van der Waals surface area contributed by atoms with Gasteiger partial charge in [0, 0.05) is 24.5 Å². The minimum atomic E-state index is 0.440. The molecule has 0 aliphatic heterocycles. The number of aromatic nitrogens is 1. The van der Waals surface area contributed by atoms with E-state index in [1.807, 2.05) is 12.4 Å². The summed E-state index contributed by atoms with van der Waals surface area (Å²) in [6, 6.07) is 5.18. The molecule has 1 heterocycles. The molecular weight excluding hydrogens is 220 g/mol. The fourth-order valence-electron chi connectivity index (χ4n) is 2.09. The molecule has 0 fully saturated rings. The van der Waals surface area contributed by atoms with Gasteiger partial charge in [0.15, 0.2) is 0 Å². The monoisotopic (exact) mass is 246 g/mol. The summed E-state index contributed by atoms with van der Waals surface area (Å²) in [4.78, 5) is 4.07. The summed E-state index contributed by atoms with van der Waals surface area (Å²) in [6.45, 7) is 8.80. The normalized spacial score (nSPS) is 14.0. The summed E-state index contributed by atoms with van der Waals surface area (Å²) in [6.07, 6.45) is 9.50. The van der Waals surface area contributed by atoms with Gasteiger partial charge < -0.3 is 5.32 Å². The minimum absolute atomic E-state index is 0.440. The Morgan fingerprint density at radius 3 is 2.56 bits per heavy atom. The molecule has 0 saturated carbocycles. The standard InChI is InChI=1S/C16H26N2/c1-5-16(15-9-11-17-12-10-15)18-14(4)8-6-7-13(2)3/h7,9-12,14,16,18H,5-6,8H2,1-4H3. The van der Waals surface area contributed by atoms with E-state index < -0.39 is 0 Å². The molecule has 2 nitrogen and oxygen atoms in total. The van der Waals surface area contributed by atoms with E-state index in [9.17, 15) is 0 Å². The zero-order valence-corrected chi connectivity index (χ0v) is 12.1. The van der Waals surface area contributed by atoms with Crippen molar-refractivity contribution in [1.29, 1.82) is 0 Å². The van der Waals surface area contributed by atoms with Crippen molar-refractivity contribution < 1.29 is 0 Å². The lowest BCUT2D eigenvalue weighted by molar-refractivity contribution is 0.429. The molecule has 0 aromatic carbocycles.